The number of aromatic nitrogens is 3. The van der Waals surface area contributed by atoms with E-state index in [2.05, 4.69) is 34.0 Å². The number of aryl methyl sites for hydroxylation is 1. The van der Waals surface area contributed by atoms with Gasteiger partial charge in [0, 0.05) is 42.8 Å². The summed E-state index contributed by atoms with van der Waals surface area (Å²) < 4.78 is 20.6. The SMILES string of the molecule is CCN(CC)CCOc1ccc(Nc2ncc3cc(Cc4ccc(F)cc4)c(=O)n(C)c3n2)cc1. The molecule has 35 heavy (non-hydrogen) atoms. The molecule has 1 N–H and O–H groups in total. The number of benzene rings is 2. The summed E-state index contributed by atoms with van der Waals surface area (Å²) in [5.74, 6) is 0.901. The Hall–Kier alpha value is -3.78. The summed E-state index contributed by atoms with van der Waals surface area (Å²) in [6.07, 6.45) is 2.11. The molecule has 0 aliphatic heterocycles. The van der Waals surface area contributed by atoms with Gasteiger partial charge in [0.15, 0.2) is 0 Å². The van der Waals surface area contributed by atoms with Crippen LogP contribution in [-0.4, -0.2) is 45.7 Å². The lowest BCUT2D eigenvalue weighted by molar-refractivity contribution is 0.223. The second kappa shape index (κ2) is 11.1. The molecule has 0 amide bonds. The minimum atomic E-state index is -0.300. The molecule has 0 saturated heterocycles. The van der Waals surface area contributed by atoms with Crippen LogP contribution in [0.1, 0.15) is 25.0 Å². The Labute approximate surface area is 204 Å². The van der Waals surface area contributed by atoms with Gasteiger partial charge in [-0.1, -0.05) is 26.0 Å². The number of halogens is 1. The smallest absolute Gasteiger partial charge is 0.255 e. The zero-order chi connectivity index (χ0) is 24.8. The zero-order valence-corrected chi connectivity index (χ0v) is 20.3. The van der Waals surface area contributed by atoms with E-state index in [1.54, 1.807) is 31.4 Å². The minimum absolute atomic E-state index is 0.141. The van der Waals surface area contributed by atoms with Gasteiger partial charge in [-0.3, -0.25) is 9.36 Å². The van der Waals surface area contributed by atoms with Crippen molar-refractivity contribution < 1.29 is 9.13 Å². The second-order valence-corrected chi connectivity index (χ2v) is 8.33. The second-order valence-electron chi connectivity index (χ2n) is 8.33. The molecule has 0 saturated carbocycles. The van der Waals surface area contributed by atoms with Gasteiger partial charge in [0.1, 0.15) is 23.8 Å². The normalized spacial score (nSPS) is 11.2. The van der Waals surface area contributed by atoms with Crippen molar-refractivity contribution in [2.45, 2.75) is 20.3 Å². The van der Waals surface area contributed by atoms with E-state index in [-0.39, 0.29) is 11.4 Å². The molecule has 0 unspecified atom stereocenters. The fourth-order valence-corrected chi connectivity index (χ4v) is 3.92. The van der Waals surface area contributed by atoms with Crippen LogP contribution in [0, 0.1) is 5.82 Å². The van der Waals surface area contributed by atoms with Gasteiger partial charge in [-0.15, -0.1) is 0 Å². The standard InChI is InChI=1S/C27H30FN5O2/c1-4-33(5-2)14-15-35-24-12-10-23(11-13-24)30-27-29-18-21-17-20(26(34)32(3)25(21)31-27)16-19-6-8-22(28)9-7-19/h6-13,17-18H,4-5,14-16H2,1-3H3,(H,29,30,31). The average molecular weight is 476 g/mol. The highest BCUT2D eigenvalue weighted by Gasteiger charge is 2.11. The molecular formula is C27H30FN5O2. The number of hydrogen-bond donors (Lipinski definition) is 1. The van der Waals surface area contributed by atoms with Crippen LogP contribution < -0.4 is 15.6 Å². The van der Waals surface area contributed by atoms with Crippen molar-refractivity contribution in [2.24, 2.45) is 7.05 Å². The van der Waals surface area contributed by atoms with Crippen LogP contribution in [0.25, 0.3) is 11.0 Å². The van der Waals surface area contributed by atoms with Crippen molar-refractivity contribution in [3.05, 3.63) is 88.1 Å². The van der Waals surface area contributed by atoms with Gasteiger partial charge in [0.2, 0.25) is 5.95 Å². The van der Waals surface area contributed by atoms with E-state index < -0.39 is 0 Å². The molecule has 4 rings (SSSR count). The van der Waals surface area contributed by atoms with Crippen LogP contribution in [0.3, 0.4) is 0 Å². The highest BCUT2D eigenvalue weighted by molar-refractivity contribution is 5.76. The van der Waals surface area contributed by atoms with Gasteiger partial charge in [0.25, 0.3) is 5.56 Å². The van der Waals surface area contributed by atoms with E-state index in [1.807, 2.05) is 24.3 Å². The number of anilines is 2. The van der Waals surface area contributed by atoms with Gasteiger partial charge in [-0.2, -0.15) is 4.98 Å². The van der Waals surface area contributed by atoms with Crippen LogP contribution >= 0.6 is 0 Å². The fraction of sp³-hybridized carbons (Fsp3) is 0.296. The fourth-order valence-electron chi connectivity index (χ4n) is 3.92. The number of likely N-dealkylation sites (N-methyl/N-ethyl adjacent to an activating group) is 1. The Morgan fingerprint density at radius 1 is 1.06 bits per heavy atom. The molecule has 2 aromatic heterocycles. The lowest BCUT2D eigenvalue weighted by atomic mass is 10.1. The Bertz CT molecular complexity index is 1330. The highest BCUT2D eigenvalue weighted by Crippen LogP contribution is 2.20. The lowest BCUT2D eigenvalue weighted by Crippen LogP contribution is -2.27. The number of nitrogens with one attached hydrogen (secondary N) is 1. The Morgan fingerprint density at radius 3 is 2.46 bits per heavy atom. The predicted octanol–water partition coefficient (Wildman–Crippen LogP) is 4.52. The first-order valence-electron chi connectivity index (χ1n) is 11.8. The number of ether oxygens (including phenoxy) is 1. The van der Waals surface area contributed by atoms with Crippen LogP contribution in [0.4, 0.5) is 16.0 Å². The number of pyridine rings is 1. The molecule has 7 nitrogen and oxygen atoms in total. The van der Waals surface area contributed by atoms with E-state index in [9.17, 15) is 9.18 Å². The molecule has 4 aromatic rings. The maximum atomic E-state index is 13.2. The predicted molar refractivity (Wildman–Crippen MR) is 137 cm³/mol. The van der Waals surface area contributed by atoms with E-state index in [1.165, 1.54) is 16.7 Å². The monoisotopic (exact) mass is 475 g/mol. The van der Waals surface area contributed by atoms with Crippen LogP contribution in [-0.2, 0) is 13.5 Å². The number of fused-ring (bicyclic) bond motifs is 1. The van der Waals surface area contributed by atoms with Crippen molar-refractivity contribution in [3.63, 3.8) is 0 Å². The topological polar surface area (TPSA) is 72.3 Å². The van der Waals surface area contributed by atoms with Crippen molar-refractivity contribution in [1.29, 1.82) is 0 Å². The summed E-state index contributed by atoms with van der Waals surface area (Å²) in [5.41, 5.74) is 2.68. The molecule has 8 heteroatoms. The summed E-state index contributed by atoms with van der Waals surface area (Å²) >= 11 is 0. The molecule has 0 bridgehead atoms. The number of hydrogen-bond acceptors (Lipinski definition) is 6. The van der Waals surface area contributed by atoms with Crippen molar-refractivity contribution in [1.82, 2.24) is 19.4 Å². The molecule has 0 fully saturated rings. The molecule has 2 aromatic carbocycles. The molecule has 2 heterocycles. The summed E-state index contributed by atoms with van der Waals surface area (Å²) in [4.78, 5) is 24.2. The molecule has 0 spiro atoms. The van der Waals surface area contributed by atoms with E-state index >= 15 is 0 Å². The molecular weight excluding hydrogens is 445 g/mol. The van der Waals surface area contributed by atoms with Gasteiger partial charge < -0.3 is 15.0 Å². The third kappa shape index (κ3) is 6.02. The minimum Gasteiger partial charge on any atom is -0.492 e. The molecule has 0 radical (unpaired) electrons. The van der Waals surface area contributed by atoms with Gasteiger partial charge in [0.05, 0.1) is 0 Å². The van der Waals surface area contributed by atoms with Crippen LogP contribution in [0.15, 0.2) is 65.6 Å². The lowest BCUT2D eigenvalue weighted by Gasteiger charge is -2.18. The van der Waals surface area contributed by atoms with Crippen LogP contribution in [0.2, 0.25) is 0 Å². The van der Waals surface area contributed by atoms with E-state index in [0.29, 0.717) is 30.2 Å². The van der Waals surface area contributed by atoms with Gasteiger partial charge >= 0.3 is 0 Å². The maximum Gasteiger partial charge on any atom is 0.255 e. The van der Waals surface area contributed by atoms with Crippen LogP contribution in [0.5, 0.6) is 5.75 Å². The third-order valence-corrected chi connectivity index (χ3v) is 6.01. The first-order chi connectivity index (χ1) is 17.0. The van der Waals surface area contributed by atoms with Crippen molar-refractivity contribution in [2.75, 3.05) is 31.6 Å². The molecule has 0 atom stereocenters. The van der Waals surface area contributed by atoms with Crippen molar-refractivity contribution in [3.8, 4) is 5.75 Å². The summed E-state index contributed by atoms with van der Waals surface area (Å²) in [7, 11) is 1.69. The summed E-state index contributed by atoms with van der Waals surface area (Å²) in [6.45, 7) is 7.83. The Balaban J connectivity index is 1.46. The Kier molecular flexibility index (Phi) is 7.72. The van der Waals surface area contributed by atoms with Gasteiger partial charge in [-0.05, 0) is 61.1 Å². The number of nitrogens with zero attached hydrogens (tertiary/aromatic N) is 4. The van der Waals surface area contributed by atoms with Crippen molar-refractivity contribution >= 4 is 22.7 Å². The maximum absolute atomic E-state index is 13.2. The zero-order valence-electron chi connectivity index (χ0n) is 20.3. The first kappa shape index (κ1) is 24.3. The van der Waals surface area contributed by atoms with E-state index in [4.69, 9.17) is 4.74 Å². The average Bonchev–Trinajstić information content (AvgIpc) is 2.88. The van der Waals surface area contributed by atoms with E-state index in [0.717, 1.165) is 42.0 Å². The molecule has 0 aliphatic carbocycles. The molecule has 182 valence electrons. The highest BCUT2D eigenvalue weighted by atomic mass is 19.1. The third-order valence-electron chi connectivity index (χ3n) is 6.01. The largest absolute Gasteiger partial charge is 0.492 e. The molecule has 0 aliphatic rings. The van der Waals surface area contributed by atoms with Gasteiger partial charge in [-0.25, -0.2) is 9.37 Å². The summed E-state index contributed by atoms with van der Waals surface area (Å²) in [6, 6.07) is 15.6. The number of rotatable bonds is 10. The quantitative estimate of drug-likeness (QED) is 0.364. The Morgan fingerprint density at radius 2 is 1.77 bits per heavy atom. The first-order valence-corrected chi connectivity index (χ1v) is 11.8. The summed E-state index contributed by atoms with van der Waals surface area (Å²) in [5, 5.41) is 3.94.